The third-order valence-corrected chi connectivity index (χ3v) is 1.38. The standard InChI is InChI=1S/C4H5FN2OS/c5-9-7-2-1-6-4(7)3-8/h1-2,8H,3H2. The van der Waals surface area contributed by atoms with E-state index in [0.29, 0.717) is 5.82 Å². The Balaban J connectivity index is 2.85. The molecule has 9 heavy (non-hydrogen) atoms. The first-order valence-electron chi connectivity index (χ1n) is 2.30. The molecule has 0 aliphatic heterocycles. The number of imidazole rings is 1. The second kappa shape index (κ2) is 2.84. The number of hydrogen-bond donors (Lipinski definition) is 1. The summed E-state index contributed by atoms with van der Waals surface area (Å²) in [6, 6.07) is 0. The predicted molar refractivity (Wildman–Crippen MR) is 32.2 cm³/mol. The van der Waals surface area contributed by atoms with E-state index in [4.69, 9.17) is 5.11 Å². The van der Waals surface area contributed by atoms with Crippen LogP contribution in [0.1, 0.15) is 5.82 Å². The first kappa shape index (κ1) is 6.57. The zero-order valence-electron chi connectivity index (χ0n) is 4.49. The highest BCUT2D eigenvalue weighted by atomic mass is 32.2. The van der Waals surface area contributed by atoms with Gasteiger partial charge in [0, 0.05) is 12.4 Å². The van der Waals surface area contributed by atoms with Gasteiger partial charge in [-0.2, -0.15) is 0 Å². The third kappa shape index (κ3) is 1.22. The van der Waals surface area contributed by atoms with Crippen LogP contribution >= 0.6 is 12.3 Å². The van der Waals surface area contributed by atoms with Gasteiger partial charge in [0.05, 0.1) is 0 Å². The molecule has 3 nitrogen and oxygen atoms in total. The van der Waals surface area contributed by atoms with Crippen molar-refractivity contribution in [2.24, 2.45) is 0 Å². The molecule has 0 unspecified atom stereocenters. The monoisotopic (exact) mass is 148 g/mol. The molecule has 1 heterocycles. The van der Waals surface area contributed by atoms with Crippen LogP contribution in [0.15, 0.2) is 12.4 Å². The van der Waals surface area contributed by atoms with Gasteiger partial charge in [-0.25, -0.2) is 8.96 Å². The van der Waals surface area contributed by atoms with E-state index in [0.717, 1.165) is 3.97 Å². The average Bonchev–Trinajstić information content (AvgIpc) is 2.33. The molecular weight excluding hydrogens is 143 g/mol. The lowest BCUT2D eigenvalue weighted by Crippen LogP contribution is -1.92. The van der Waals surface area contributed by atoms with Crippen LogP contribution in [0.2, 0.25) is 0 Å². The highest BCUT2D eigenvalue weighted by molar-refractivity contribution is 7.92. The van der Waals surface area contributed by atoms with E-state index in [9.17, 15) is 3.89 Å². The van der Waals surface area contributed by atoms with Crippen LogP contribution in [-0.4, -0.2) is 14.1 Å². The molecule has 0 saturated carbocycles. The molecule has 0 atom stereocenters. The van der Waals surface area contributed by atoms with Crippen molar-refractivity contribution in [1.82, 2.24) is 8.96 Å². The average molecular weight is 148 g/mol. The first-order chi connectivity index (χ1) is 4.38. The highest BCUT2D eigenvalue weighted by Gasteiger charge is 1.98. The van der Waals surface area contributed by atoms with Gasteiger partial charge in [-0.1, -0.05) is 0 Å². The molecule has 1 aromatic heterocycles. The van der Waals surface area contributed by atoms with Crippen LogP contribution in [0, 0.1) is 0 Å². The third-order valence-electron chi connectivity index (χ3n) is 0.896. The summed E-state index contributed by atoms with van der Waals surface area (Å²) in [5.74, 6) is 0.322. The zero-order chi connectivity index (χ0) is 6.69. The molecule has 0 fully saturated rings. The number of aliphatic hydroxyl groups excluding tert-OH is 1. The van der Waals surface area contributed by atoms with Gasteiger partial charge >= 0.3 is 0 Å². The summed E-state index contributed by atoms with van der Waals surface area (Å²) in [5.41, 5.74) is 0. The van der Waals surface area contributed by atoms with E-state index in [2.05, 4.69) is 4.98 Å². The number of nitrogens with zero attached hydrogens (tertiary/aromatic N) is 2. The molecule has 0 aliphatic rings. The van der Waals surface area contributed by atoms with Crippen molar-refractivity contribution in [2.75, 3.05) is 0 Å². The fraction of sp³-hybridized carbons (Fsp3) is 0.250. The van der Waals surface area contributed by atoms with Crippen molar-refractivity contribution < 1.29 is 8.99 Å². The van der Waals surface area contributed by atoms with Crippen LogP contribution in [0.3, 0.4) is 0 Å². The normalized spacial score (nSPS) is 10.0. The molecule has 50 valence electrons. The number of aliphatic hydroxyl groups is 1. The second-order valence-corrected chi connectivity index (χ2v) is 1.93. The molecule has 1 aromatic rings. The molecule has 1 rings (SSSR count). The van der Waals surface area contributed by atoms with E-state index in [1.807, 2.05) is 0 Å². The topological polar surface area (TPSA) is 38.1 Å². The largest absolute Gasteiger partial charge is 0.388 e. The lowest BCUT2D eigenvalue weighted by molar-refractivity contribution is 0.271. The smallest absolute Gasteiger partial charge is 0.170 e. The quantitative estimate of drug-likeness (QED) is 0.672. The van der Waals surface area contributed by atoms with Crippen molar-refractivity contribution >= 4 is 12.3 Å². The number of hydrogen-bond acceptors (Lipinski definition) is 3. The van der Waals surface area contributed by atoms with E-state index in [1.165, 1.54) is 12.4 Å². The van der Waals surface area contributed by atoms with Gasteiger partial charge in [0.25, 0.3) is 0 Å². The lowest BCUT2D eigenvalue weighted by Gasteiger charge is -1.93. The molecule has 0 amide bonds. The number of aromatic nitrogens is 2. The first-order valence-corrected chi connectivity index (χ1v) is 2.98. The van der Waals surface area contributed by atoms with Gasteiger partial charge in [-0.15, -0.1) is 3.89 Å². The molecule has 1 N–H and O–H groups in total. The van der Waals surface area contributed by atoms with E-state index in [-0.39, 0.29) is 18.9 Å². The molecular formula is C4H5FN2OS. The van der Waals surface area contributed by atoms with Crippen molar-refractivity contribution in [3.63, 3.8) is 0 Å². The Morgan fingerprint density at radius 1 is 1.89 bits per heavy atom. The van der Waals surface area contributed by atoms with Gasteiger partial charge in [0.2, 0.25) is 0 Å². The fourth-order valence-corrected chi connectivity index (χ4v) is 0.781. The summed E-state index contributed by atoms with van der Waals surface area (Å²) >= 11 is 0.0208. The van der Waals surface area contributed by atoms with Gasteiger partial charge < -0.3 is 5.11 Å². The second-order valence-electron chi connectivity index (χ2n) is 1.40. The minimum absolute atomic E-state index is 0.0208. The Kier molecular flexibility index (Phi) is 2.07. The summed E-state index contributed by atoms with van der Waals surface area (Å²) in [6.07, 6.45) is 2.87. The Labute approximate surface area is 55.9 Å². The molecule has 0 aliphatic carbocycles. The molecule has 0 saturated heterocycles. The van der Waals surface area contributed by atoms with E-state index >= 15 is 0 Å². The van der Waals surface area contributed by atoms with Crippen molar-refractivity contribution in [3.8, 4) is 0 Å². The van der Waals surface area contributed by atoms with Crippen LogP contribution in [0.25, 0.3) is 0 Å². The maximum absolute atomic E-state index is 11.7. The molecule has 0 spiro atoms. The van der Waals surface area contributed by atoms with Crippen LogP contribution < -0.4 is 0 Å². The highest BCUT2D eigenvalue weighted by Crippen LogP contribution is 2.09. The summed E-state index contributed by atoms with van der Waals surface area (Å²) in [4.78, 5) is 3.66. The minimum atomic E-state index is -0.232. The van der Waals surface area contributed by atoms with Gasteiger partial charge in [-0.3, -0.25) is 0 Å². The number of halogens is 1. The Bertz CT molecular complexity index is 172. The Morgan fingerprint density at radius 3 is 3.11 bits per heavy atom. The van der Waals surface area contributed by atoms with Gasteiger partial charge in [-0.05, 0) is 0 Å². The van der Waals surface area contributed by atoms with Crippen LogP contribution in [0.5, 0.6) is 0 Å². The molecule has 0 aromatic carbocycles. The maximum Gasteiger partial charge on any atom is 0.170 e. The van der Waals surface area contributed by atoms with Crippen molar-refractivity contribution in [2.45, 2.75) is 6.61 Å². The molecule has 0 radical (unpaired) electrons. The maximum atomic E-state index is 11.7. The fourth-order valence-electron chi connectivity index (χ4n) is 0.496. The zero-order valence-corrected chi connectivity index (χ0v) is 5.31. The van der Waals surface area contributed by atoms with Crippen molar-refractivity contribution in [1.29, 1.82) is 0 Å². The SMILES string of the molecule is OCc1nccn1SF. The van der Waals surface area contributed by atoms with Gasteiger partial charge in [0.15, 0.2) is 12.3 Å². The summed E-state index contributed by atoms with van der Waals surface area (Å²) in [7, 11) is 0. The summed E-state index contributed by atoms with van der Waals surface area (Å²) in [5, 5.41) is 8.48. The van der Waals surface area contributed by atoms with Crippen LogP contribution in [-0.2, 0) is 6.61 Å². The van der Waals surface area contributed by atoms with E-state index < -0.39 is 0 Å². The Morgan fingerprint density at radius 2 is 2.67 bits per heavy atom. The molecule has 0 bridgehead atoms. The summed E-state index contributed by atoms with van der Waals surface area (Å²) in [6.45, 7) is -0.232. The summed E-state index contributed by atoms with van der Waals surface area (Å²) < 4.78 is 12.9. The Hall–Kier alpha value is -0.550. The van der Waals surface area contributed by atoms with Gasteiger partial charge in [0.1, 0.15) is 12.4 Å². The molecule has 5 heteroatoms. The lowest BCUT2D eigenvalue weighted by atomic mass is 10.7. The van der Waals surface area contributed by atoms with Crippen LogP contribution in [0.4, 0.5) is 3.89 Å². The number of rotatable bonds is 2. The minimum Gasteiger partial charge on any atom is -0.388 e. The van der Waals surface area contributed by atoms with E-state index in [1.54, 1.807) is 0 Å². The predicted octanol–water partition coefficient (Wildman–Crippen LogP) is 0.756. The van der Waals surface area contributed by atoms with Crippen molar-refractivity contribution in [3.05, 3.63) is 18.2 Å².